The molecule has 1 aliphatic heterocycles. The van der Waals surface area contributed by atoms with Gasteiger partial charge in [0, 0.05) is 19.0 Å². The molecule has 0 aliphatic carbocycles. The Morgan fingerprint density at radius 1 is 1.26 bits per heavy atom. The van der Waals surface area contributed by atoms with E-state index in [9.17, 15) is 5.11 Å². The van der Waals surface area contributed by atoms with Crippen molar-refractivity contribution in [2.24, 2.45) is 0 Å². The van der Waals surface area contributed by atoms with Crippen molar-refractivity contribution in [2.75, 3.05) is 19.8 Å². The van der Waals surface area contributed by atoms with Crippen molar-refractivity contribution in [3.05, 3.63) is 23.8 Å². The molecule has 106 valence electrons. The molecule has 0 fully saturated rings. The summed E-state index contributed by atoms with van der Waals surface area (Å²) in [5.74, 6) is 1.63. The van der Waals surface area contributed by atoms with E-state index in [0.29, 0.717) is 19.8 Å². The molecule has 2 N–H and O–H groups in total. The number of ether oxygens (including phenoxy) is 2. The highest BCUT2D eigenvalue weighted by atomic mass is 16.5. The predicted octanol–water partition coefficient (Wildman–Crippen LogP) is 2.27. The van der Waals surface area contributed by atoms with E-state index < -0.39 is 5.60 Å². The first kappa shape index (κ1) is 14.2. The molecule has 0 aromatic heterocycles. The Morgan fingerprint density at radius 2 is 1.95 bits per heavy atom. The molecular formula is C15H23NO3. The van der Waals surface area contributed by atoms with E-state index in [4.69, 9.17) is 9.47 Å². The van der Waals surface area contributed by atoms with Crippen LogP contribution in [0.25, 0.3) is 0 Å². The SMILES string of the molecule is CC(NCC(C)(C)O)c1ccc2c(c1)OCCCO2. The van der Waals surface area contributed by atoms with Gasteiger partial charge in [0.25, 0.3) is 0 Å². The monoisotopic (exact) mass is 265 g/mol. The largest absolute Gasteiger partial charge is 0.490 e. The standard InChI is InChI=1S/C15H23NO3/c1-11(16-10-15(2,3)17)12-5-6-13-14(9-12)19-8-4-7-18-13/h5-6,9,11,16-17H,4,7-8,10H2,1-3H3. The molecule has 1 unspecified atom stereocenters. The highest BCUT2D eigenvalue weighted by molar-refractivity contribution is 5.44. The summed E-state index contributed by atoms with van der Waals surface area (Å²) in [5, 5.41) is 13.1. The molecule has 0 bridgehead atoms. The molecule has 19 heavy (non-hydrogen) atoms. The van der Waals surface area contributed by atoms with Gasteiger partial charge in [0.05, 0.1) is 18.8 Å². The zero-order valence-corrected chi connectivity index (χ0v) is 11.9. The van der Waals surface area contributed by atoms with Gasteiger partial charge in [-0.2, -0.15) is 0 Å². The van der Waals surface area contributed by atoms with E-state index in [1.165, 1.54) is 0 Å². The van der Waals surface area contributed by atoms with Crippen LogP contribution in [0.4, 0.5) is 0 Å². The van der Waals surface area contributed by atoms with Crippen LogP contribution in [0.2, 0.25) is 0 Å². The van der Waals surface area contributed by atoms with Gasteiger partial charge in [-0.1, -0.05) is 6.07 Å². The van der Waals surface area contributed by atoms with E-state index in [-0.39, 0.29) is 6.04 Å². The Bertz CT molecular complexity index is 426. The summed E-state index contributed by atoms with van der Waals surface area (Å²) >= 11 is 0. The van der Waals surface area contributed by atoms with Crippen LogP contribution in [0.1, 0.15) is 38.8 Å². The van der Waals surface area contributed by atoms with Gasteiger partial charge >= 0.3 is 0 Å². The first-order valence-corrected chi connectivity index (χ1v) is 6.81. The van der Waals surface area contributed by atoms with Crippen molar-refractivity contribution < 1.29 is 14.6 Å². The minimum absolute atomic E-state index is 0.156. The van der Waals surface area contributed by atoms with Crippen LogP contribution < -0.4 is 14.8 Å². The molecule has 1 aromatic rings. The first-order valence-electron chi connectivity index (χ1n) is 6.81. The van der Waals surface area contributed by atoms with Crippen LogP contribution in [0, 0.1) is 0 Å². The fraction of sp³-hybridized carbons (Fsp3) is 0.600. The summed E-state index contributed by atoms with van der Waals surface area (Å²) in [6.45, 7) is 7.61. The number of hydrogen-bond acceptors (Lipinski definition) is 4. The molecule has 4 heteroatoms. The van der Waals surface area contributed by atoms with Gasteiger partial charge in [-0.15, -0.1) is 0 Å². The molecule has 0 saturated carbocycles. The van der Waals surface area contributed by atoms with Crippen LogP contribution in [0.3, 0.4) is 0 Å². The Balaban J connectivity index is 2.06. The second-order valence-electron chi connectivity index (χ2n) is 5.67. The van der Waals surface area contributed by atoms with Gasteiger partial charge in [-0.25, -0.2) is 0 Å². The van der Waals surface area contributed by atoms with Crippen molar-refractivity contribution in [1.29, 1.82) is 0 Å². The van der Waals surface area contributed by atoms with E-state index in [2.05, 4.69) is 12.2 Å². The summed E-state index contributed by atoms with van der Waals surface area (Å²) in [6, 6.07) is 6.17. The third-order valence-electron chi connectivity index (χ3n) is 3.11. The van der Waals surface area contributed by atoms with Crippen LogP contribution in [0.15, 0.2) is 18.2 Å². The zero-order valence-electron chi connectivity index (χ0n) is 11.9. The highest BCUT2D eigenvalue weighted by Crippen LogP contribution is 2.32. The predicted molar refractivity (Wildman–Crippen MR) is 74.8 cm³/mol. The Hall–Kier alpha value is -1.26. The van der Waals surface area contributed by atoms with Crippen LogP contribution in [-0.2, 0) is 0 Å². The Labute approximate surface area is 114 Å². The van der Waals surface area contributed by atoms with Crippen LogP contribution in [0.5, 0.6) is 11.5 Å². The molecule has 1 aromatic carbocycles. The average molecular weight is 265 g/mol. The zero-order chi connectivity index (χ0) is 13.9. The molecule has 1 atom stereocenters. The lowest BCUT2D eigenvalue weighted by Crippen LogP contribution is -2.36. The Morgan fingerprint density at radius 3 is 2.63 bits per heavy atom. The highest BCUT2D eigenvalue weighted by Gasteiger charge is 2.16. The fourth-order valence-electron chi connectivity index (χ4n) is 1.97. The molecule has 1 aliphatic rings. The van der Waals surface area contributed by atoms with Crippen molar-refractivity contribution in [2.45, 2.75) is 38.8 Å². The second-order valence-corrected chi connectivity index (χ2v) is 5.67. The first-order chi connectivity index (χ1) is 8.96. The van der Waals surface area contributed by atoms with Gasteiger partial charge in [0.15, 0.2) is 11.5 Å². The number of nitrogens with one attached hydrogen (secondary N) is 1. The topological polar surface area (TPSA) is 50.7 Å². The van der Waals surface area contributed by atoms with Crippen LogP contribution >= 0.6 is 0 Å². The summed E-state index contributed by atoms with van der Waals surface area (Å²) in [6.07, 6.45) is 0.913. The van der Waals surface area contributed by atoms with Crippen molar-refractivity contribution in [3.8, 4) is 11.5 Å². The quantitative estimate of drug-likeness (QED) is 0.877. The molecule has 0 spiro atoms. The van der Waals surface area contributed by atoms with Gasteiger partial charge in [-0.3, -0.25) is 0 Å². The fourth-order valence-corrected chi connectivity index (χ4v) is 1.97. The van der Waals surface area contributed by atoms with Crippen molar-refractivity contribution in [3.63, 3.8) is 0 Å². The maximum absolute atomic E-state index is 9.74. The lowest BCUT2D eigenvalue weighted by Gasteiger charge is -2.22. The molecule has 0 radical (unpaired) electrons. The molecular weight excluding hydrogens is 242 g/mol. The number of hydrogen-bond donors (Lipinski definition) is 2. The Kier molecular flexibility index (Phi) is 4.32. The lowest BCUT2D eigenvalue weighted by molar-refractivity contribution is 0.0770. The molecule has 2 rings (SSSR count). The summed E-state index contributed by atoms with van der Waals surface area (Å²) in [5.41, 5.74) is 0.424. The molecule has 4 nitrogen and oxygen atoms in total. The van der Waals surface area contributed by atoms with Crippen LogP contribution in [-0.4, -0.2) is 30.5 Å². The maximum atomic E-state index is 9.74. The number of aliphatic hydroxyl groups is 1. The van der Waals surface area contributed by atoms with Gasteiger partial charge in [0.2, 0.25) is 0 Å². The van der Waals surface area contributed by atoms with Crippen molar-refractivity contribution >= 4 is 0 Å². The van der Waals surface area contributed by atoms with Crippen molar-refractivity contribution in [1.82, 2.24) is 5.32 Å². The smallest absolute Gasteiger partial charge is 0.161 e. The molecule has 0 saturated heterocycles. The summed E-state index contributed by atoms with van der Waals surface area (Å²) in [4.78, 5) is 0. The third kappa shape index (κ3) is 4.11. The maximum Gasteiger partial charge on any atom is 0.161 e. The summed E-state index contributed by atoms with van der Waals surface area (Å²) < 4.78 is 11.3. The van der Waals surface area contributed by atoms with E-state index >= 15 is 0 Å². The third-order valence-corrected chi connectivity index (χ3v) is 3.11. The number of fused-ring (bicyclic) bond motifs is 1. The van der Waals surface area contributed by atoms with E-state index in [1.807, 2.05) is 18.2 Å². The lowest BCUT2D eigenvalue weighted by atomic mass is 10.1. The van der Waals surface area contributed by atoms with Gasteiger partial charge < -0.3 is 19.9 Å². The average Bonchev–Trinajstić information content (AvgIpc) is 2.59. The van der Waals surface area contributed by atoms with E-state index in [1.54, 1.807) is 13.8 Å². The normalized spacial score (nSPS) is 16.8. The number of benzene rings is 1. The van der Waals surface area contributed by atoms with Gasteiger partial charge in [-0.05, 0) is 38.5 Å². The van der Waals surface area contributed by atoms with Gasteiger partial charge in [0.1, 0.15) is 0 Å². The summed E-state index contributed by atoms with van der Waals surface area (Å²) in [7, 11) is 0. The minimum Gasteiger partial charge on any atom is -0.490 e. The second kappa shape index (κ2) is 5.80. The number of rotatable bonds is 4. The van der Waals surface area contributed by atoms with E-state index in [0.717, 1.165) is 23.5 Å². The molecule has 0 amide bonds. The molecule has 1 heterocycles. The minimum atomic E-state index is -0.709.